The van der Waals surface area contributed by atoms with Crippen LogP contribution in [0.4, 0.5) is 0 Å². The Hall–Kier alpha value is -1.14. The quantitative estimate of drug-likeness (QED) is 0.762. The summed E-state index contributed by atoms with van der Waals surface area (Å²) < 4.78 is 9.05. The maximum Gasteiger partial charge on any atom is 0.305 e. The minimum atomic E-state index is -0.190. The number of carbonyl (C=O) groups is 2. The normalized spacial score (nSPS) is 30.4. The summed E-state index contributed by atoms with van der Waals surface area (Å²) in [5, 5.41) is 18.3. The summed E-state index contributed by atoms with van der Waals surface area (Å²) in [5.41, 5.74) is 0. The van der Waals surface area contributed by atoms with Gasteiger partial charge in [-0.25, -0.2) is 0 Å². The van der Waals surface area contributed by atoms with Crippen molar-refractivity contribution in [2.24, 2.45) is 11.8 Å². The number of aliphatic hydroxyl groups excluding tert-OH is 2. The van der Waals surface area contributed by atoms with Crippen molar-refractivity contribution < 1.29 is 29.3 Å². The molecule has 128 valence electrons. The third-order valence-electron chi connectivity index (χ3n) is 4.39. The Kier molecular flexibility index (Phi) is 8.42. The van der Waals surface area contributed by atoms with Gasteiger partial charge in [-0.1, -0.05) is 0 Å². The van der Waals surface area contributed by atoms with E-state index in [-0.39, 0.29) is 24.1 Å². The number of aliphatic hydroxyl groups is 2. The van der Waals surface area contributed by atoms with E-state index in [0.29, 0.717) is 24.7 Å². The predicted octanol–water partition coefficient (Wildman–Crippen LogP) is 1.42. The molecule has 2 saturated carbocycles. The van der Waals surface area contributed by atoms with Crippen LogP contribution in [-0.4, -0.2) is 48.6 Å². The first-order valence-corrected chi connectivity index (χ1v) is 7.94. The molecule has 22 heavy (non-hydrogen) atoms. The van der Waals surface area contributed by atoms with Crippen LogP contribution in [0, 0.1) is 11.8 Å². The summed E-state index contributed by atoms with van der Waals surface area (Å²) in [5.74, 6) is 0.364. The topological polar surface area (TPSA) is 93.1 Å². The Morgan fingerprint density at radius 1 is 0.818 bits per heavy atom. The second-order valence-corrected chi connectivity index (χ2v) is 6.23. The second-order valence-electron chi connectivity index (χ2n) is 6.23. The Morgan fingerprint density at radius 2 is 1.18 bits per heavy atom. The van der Waals surface area contributed by atoms with Crippen LogP contribution < -0.4 is 0 Å². The lowest BCUT2D eigenvalue weighted by molar-refractivity contribution is -0.142. The minimum absolute atomic E-state index is 0.163. The molecule has 0 heterocycles. The smallest absolute Gasteiger partial charge is 0.305 e. The maximum atomic E-state index is 10.8. The van der Waals surface area contributed by atoms with E-state index in [9.17, 15) is 9.59 Å². The molecule has 0 aromatic heterocycles. The van der Waals surface area contributed by atoms with E-state index < -0.39 is 0 Å². The molecule has 2 fully saturated rings. The molecular weight excluding hydrogens is 288 g/mol. The van der Waals surface area contributed by atoms with Crippen molar-refractivity contribution in [1.82, 2.24) is 0 Å². The lowest BCUT2D eigenvalue weighted by Crippen LogP contribution is -2.08. The zero-order valence-corrected chi connectivity index (χ0v) is 13.5. The van der Waals surface area contributed by atoms with Gasteiger partial charge in [0.2, 0.25) is 0 Å². The lowest BCUT2D eigenvalue weighted by Gasteiger charge is -2.05. The van der Waals surface area contributed by atoms with E-state index in [4.69, 9.17) is 10.2 Å². The summed E-state index contributed by atoms with van der Waals surface area (Å²) >= 11 is 0. The molecule has 0 spiro atoms. The molecule has 0 unspecified atom stereocenters. The van der Waals surface area contributed by atoms with Crippen molar-refractivity contribution in [1.29, 1.82) is 0 Å². The summed E-state index contributed by atoms with van der Waals surface area (Å²) in [6.07, 6.45) is 5.65. The van der Waals surface area contributed by atoms with E-state index in [2.05, 4.69) is 9.47 Å². The molecule has 0 bridgehead atoms. The SMILES string of the molecule is COC(=O)C[C@@H]1CC[C@@H](O)C1.COC(=O)C[C@H]1CC[C@H](O)C1. The number of hydrogen-bond acceptors (Lipinski definition) is 6. The van der Waals surface area contributed by atoms with Crippen LogP contribution >= 0.6 is 0 Å². The highest BCUT2D eigenvalue weighted by Gasteiger charge is 2.25. The van der Waals surface area contributed by atoms with E-state index in [0.717, 1.165) is 38.5 Å². The largest absolute Gasteiger partial charge is 0.469 e. The summed E-state index contributed by atoms with van der Waals surface area (Å²) in [6, 6.07) is 0. The molecule has 0 saturated heterocycles. The van der Waals surface area contributed by atoms with Gasteiger partial charge in [0.05, 0.1) is 26.4 Å². The highest BCUT2D eigenvalue weighted by molar-refractivity contribution is 5.69. The van der Waals surface area contributed by atoms with Crippen molar-refractivity contribution in [3.63, 3.8) is 0 Å². The number of hydrogen-bond donors (Lipinski definition) is 2. The van der Waals surface area contributed by atoms with E-state index in [1.54, 1.807) is 0 Å². The molecule has 0 aromatic carbocycles. The fourth-order valence-electron chi connectivity index (χ4n) is 3.11. The highest BCUT2D eigenvalue weighted by atomic mass is 16.5. The molecule has 6 nitrogen and oxygen atoms in total. The van der Waals surface area contributed by atoms with Gasteiger partial charge in [-0.15, -0.1) is 0 Å². The van der Waals surface area contributed by atoms with Crippen molar-refractivity contribution in [2.75, 3.05) is 14.2 Å². The second kappa shape index (κ2) is 9.79. The molecule has 6 heteroatoms. The monoisotopic (exact) mass is 316 g/mol. The third kappa shape index (κ3) is 7.22. The molecule has 2 aliphatic rings. The summed E-state index contributed by atoms with van der Waals surface area (Å²) in [4.78, 5) is 21.5. The van der Waals surface area contributed by atoms with E-state index >= 15 is 0 Å². The Labute approximate surface area is 131 Å². The standard InChI is InChI=1S/2C8H14O3/c2*1-11-8(10)5-6-2-3-7(9)4-6/h2*6-7,9H,2-5H2,1H3/t2*6-,7-/m10/s1. The van der Waals surface area contributed by atoms with Crippen molar-refractivity contribution in [3.8, 4) is 0 Å². The van der Waals surface area contributed by atoms with Gasteiger partial charge in [-0.3, -0.25) is 9.59 Å². The Morgan fingerprint density at radius 3 is 1.41 bits per heavy atom. The molecular formula is C16H28O6. The van der Waals surface area contributed by atoms with Crippen LogP contribution in [0.1, 0.15) is 51.4 Å². The first-order chi connectivity index (χ1) is 10.4. The first-order valence-electron chi connectivity index (χ1n) is 7.94. The van der Waals surface area contributed by atoms with E-state index in [1.165, 1.54) is 14.2 Å². The average molecular weight is 316 g/mol. The van der Waals surface area contributed by atoms with Gasteiger partial charge < -0.3 is 19.7 Å². The average Bonchev–Trinajstić information content (AvgIpc) is 3.08. The molecule has 2 aliphatic carbocycles. The van der Waals surface area contributed by atoms with Gasteiger partial charge in [0.1, 0.15) is 0 Å². The van der Waals surface area contributed by atoms with Gasteiger partial charge in [-0.2, -0.15) is 0 Å². The fourth-order valence-corrected chi connectivity index (χ4v) is 3.11. The number of ether oxygens (including phenoxy) is 2. The zero-order valence-electron chi connectivity index (χ0n) is 13.5. The maximum absolute atomic E-state index is 10.8. The zero-order chi connectivity index (χ0) is 16.5. The van der Waals surface area contributed by atoms with Crippen molar-refractivity contribution in [2.45, 2.75) is 63.6 Å². The minimum Gasteiger partial charge on any atom is -0.469 e. The summed E-state index contributed by atoms with van der Waals surface area (Å²) in [6.45, 7) is 0. The molecule has 0 aromatic rings. The molecule has 0 radical (unpaired) electrons. The Bertz CT molecular complexity index is 323. The van der Waals surface area contributed by atoms with E-state index in [1.807, 2.05) is 0 Å². The van der Waals surface area contributed by atoms with Gasteiger partial charge in [0.15, 0.2) is 0 Å². The molecule has 0 amide bonds. The Balaban J connectivity index is 0.000000220. The summed E-state index contributed by atoms with van der Waals surface area (Å²) in [7, 11) is 2.79. The number of carbonyl (C=O) groups excluding carboxylic acids is 2. The molecule has 2 N–H and O–H groups in total. The highest BCUT2D eigenvalue weighted by Crippen LogP contribution is 2.28. The lowest BCUT2D eigenvalue weighted by atomic mass is 10.0. The van der Waals surface area contributed by atoms with Crippen LogP contribution in [0.15, 0.2) is 0 Å². The van der Waals surface area contributed by atoms with Gasteiger partial charge in [0.25, 0.3) is 0 Å². The number of esters is 2. The molecule has 0 aliphatic heterocycles. The first kappa shape index (κ1) is 18.9. The van der Waals surface area contributed by atoms with Crippen molar-refractivity contribution >= 4 is 11.9 Å². The van der Waals surface area contributed by atoms with Gasteiger partial charge in [0, 0.05) is 12.8 Å². The van der Waals surface area contributed by atoms with Crippen molar-refractivity contribution in [3.05, 3.63) is 0 Å². The van der Waals surface area contributed by atoms with Crippen LogP contribution in [0.5, 0.6) is 0 Å². The molecule has 4 atom stereocenters. The number of rotatable bonds is 4. The fraction of sp³-hybridized carbons (Fsp3) is 0.875. The van der Waals surface area contributed by atoms with Crippen LogP contribution in [0.25, 0.3) is 0 Å². The van der Waals surface area contributed by atoms with Gasteiger partial charge in [-0.05, 0) is 50.4 Å². The van der Waals surface area contributed by atoms with Crippen LogP contribution in [-0.2, 0) is 19.1 Å². The third-order valence-corrected chi connectivity index (χ3v) is 4.39. The van der Waals surface area contributed by atoms with Gasteiger partial charge >= 0.3 is 11.9 Å². The number of methoxy groups -OCH3 is 2. The predicted molar refractivity (Wildman–Crippen MR) is 80.0 cm³/mol. The van der Waals surface area contributed by atoms with Crippen LogP contribution in [0.3, 0.4) is 0 Å². The van der Waals surface area contributed by atoms with Crippen LogP contribution in [0.2, 0.25) is 0 Å². The molecule has 2 rings (SSSR count).